The Kier molecular flexibility index (Phi) is 10.2. The monoisotopic (exact) mass is 741 g/mol. The fourth-order valence-corrected chi connectivity index (χ4v) is 10.2. The van der Waals surface area contributed by atoms with E-state index in [4.69, 9.17) is 16.3 Å². The number of nitrogens with one attached hydrogen (secondary N) is 1. The Balaban J connectivity index is 1.33. The van der Waals surface area contributed by atoms with Crippen molar-refractivity contribution in [1.82, 2.24) is 19.4 Å². The second-order valence-electron chi connectivity index (χ2n) is 15.3. The van der Waals surface area contributed by atoms with Crippen LogP contribution in [0.4, 0.5) is 10.1 Å². The maximum atomic E-state index is 16.7. The number of allylic oxidation sites excluding steroid dienone is 1. The van der Waals surface area contributed by atoms with E-state index < -0.39 is 39.0 Å². The van der Waals surface area contributed by atoms with Crippen LogP contribution in [0.3, 0.4) is 0 Å². The third-order valence-electron chi connectivity index (χ3n) is 12.0. The van der Waals surface area contributed by atoms with Gasteiger partial charge in [0.1, 0.15) is 17.6 Å². The second-order valence-corrected chi connectivity index (χ2v) is 17.8. The molecule has 2 amide bonds. The van der Waals surface area contributed by atoms with Crippen molar-refractivity contribution in [3.63, 3.8) is 0 Å². The van der Waals surface area contributed by atoms with Gasteiger partial charge in [-0.25, -0.2) is 17.5 Å². The predicted molar refractivity (Wildman–Crippen MR) is 197 cm³/mol. The van der Waals surface area contributed by atoms with Crippen LogP contribution >= 0.6 is 11.6 Å². The maximum Gasteiger partial charge on any atom is 0.264 e. The number of benzene rings is 2. The molecule has 51 heavy (non-hydrogen) atoms. The molecule has 4 aliphatic heterocycles. The molecular weight excluding hydrogens is 693 g/mol. The van der Waals surface area contributed by atoms with E-state index >= 15 is 4.39 Å². The Morgan fingerprint density at radius 2 is 1.84 bits per heavy atom. The van der Waals surface area contributed by atoms with Gasteiger partial charge in [-0.3, -0.25) is 14.5 Å². The average Bonchev–Trinajstić information content (AvgIpc) is 3.49. The number of amides is 2. The Morgan fingerprint density at radius 1 is 1.06 bits per heavy atom. The summed E-state index contributed by atoms with van der Waals surface area (Å²) in [6.07, 6.45) is 5.83. The van der Waals surface area contributed by atoms with Gasteiger partial charge in [0.15, 0.2) is 0 Å². The van der Waals surface area contributed by atoms with E-state index in [0.29, 0.717) is 68.9 Å². The zero-order valence-corrected chi connectivity index (χ0v) is 31.3. The van der Waals surface area contributed by atoms with Crippen molar-refractivity contribution < 1.29 is 27.1 Å². The smallest absolute Gasteiger partial charge is 0.264 e. The van der Waals surface area contributed by atoms with Gasteiger partial charge in [-0.15, -0.1) is 0 Å². The quantitative estimate of drug-likeness (QED) is 0.447. The van der Waals surface area contributed by atoms with Crippen molar-refractivity contribution in [1.29, 1.82) is 0 Å². The van der Waals surface area contributed by atoms with Crippen molar-refractivity contribution in [2.45, 2.75) is 75.1 Å². The maximum absolute atomic E-state index is 16.7. The highest BCUT2D eigenvalue weighted by Crippen LogP contribution is 2.45. The zero-order valence-electron chi connectivity index (χ0n) is 29.7. The lowest BCUT2D eigenvalue weighted by Gasteiger charge is -2.43. The lowest BCUT2D eigenvalue weighted by molar-refractivity contribution is -0.138. The van der Waals surface area contributed by atoms with E-state index in [0.717, 1.165) is 32.1 Å². The number of carbonyl (C=O) groups is 2. The topological polar surface area (TPSA) is 102 Å². The van der Waals surface area contributed by atoms with Crippen molar-refractivity contribution in [2.24, 2.45) is 5.92 Å². The first-order valence-electron chi connectivity index (χ1n) is 18.3. The van der Waals surface area contributed by atoms with E-state index in [1.165, 1.54) is 24.1 Å². The number of halogens is 2. The molecule has 0 aromatic heterocycles. The molecule has 5 atom stereocenters. The van der Waals surface area contributed by atoms with Crippen molar-refractivity contribution >= 4 is 39.1 Å². The van der Waals surface area contributed by atoms with Crippen molar-refractivity contribution in [2.75, 3.05) is 64.4 Å². The van der Waals surface area contributed by atoms with Gasteiger partial charge < -0.3 is 19.4 Å². The first-order chi connectivity index (χ1) is 24.3. The van der Waals surface area contributed by atoms with Gasteiger partial charge in [-0.05, 0) is 106 Å². The highest BCUT2D eigenvalue weighted by molar-refractivity contribution is 7.90. The summed E-state index contributed by atoms with van der Waals surface area (Å²) < 4.78 is 52.6. The first-order valence-corrected chi connectivity index (χ1v) is 20.2. The number of ether oxygens (including phenoxy) is 1. The molecule has 2 saturated heterocycles. The fourth-order valence-electron chi connectivity index (χ4n) is 8.71. The van der Waals surface area contributed by atoms with Crippen LogP contribution in [0.15, 0.2) is 48.3 Å². The minimum atomic E-state index is -4.12. The summed E-state index contributed by atoms with van der Waals surface area (Å²) in [5.74, 6) is -1.45. The van der Waals surface area contributed by atoms with E-state index in [9.17, 15) is 18.0 Å². The van der Waals surface area contributed by atoms with E-state index in [-0.39, 0.29) is 29.3 Å². The van der Waals surface area contributed by atoms with Crippen LogP contribution in [0, 0.1) is 5.92 Å². The summed E-state index contributed by atoms with van der Waals surface area (Å²) in [5, 5.41) is -0.305. The SMILES string of the molecule is C[C@@H]1[C@@H](C)C/C=C(\F)[C@H](C(=O)N2CCN(C)CC2)N2CCC[C@H]2CN2C[C@@]3(CCCc4cc(Cl)ccc43)COc3ccc(cc32)C(=O)NS1(=O)=O. The Hall–Kier alpha value is -3.19. The van der Waals surface area contributed by atoms with Crippen LogP contribution < -0.4 is 14.4 Å². The summed E-state index contributed by atoms with van der Waals surface area (Å²) in [4.78, 5) is 36.1. The number of sulfonamides is 1. The van der Waals surface area contributed by atoms with Gasteiger partial charge in [-0.2, -0.15) is 0 Å². The van der Waals surface area contributed by atoms with Gasteiger partial charge in [0.05, 0.1) is 17.5 Å². The van der Waals surface area contributed by atoms with Gasteiger partial charge in [0, 0.05) is 61.3 Å². The summed E-state index contributed by atoms with van der Waals surface area (Å²) in [6.45, 7) is 7.73. The summed E-state index contributed by atoms with van der Waals surface area (Å²) in [5.41, 5.74) is 2.88. The molecule has 0 radical (unpaired) electrons. The number of nitrogens with zero attached hydrogens (tertiary/aromatic N) is 4. The number of anilines is 1. The van der Waals surface area contributed by atoms with Crippen LogP contribution in [0.2, 0.25) is 5.02 Å². The summed E-state index contributed by atoms with van der Waals surface area (Å²) in [6, 6.07) is 9.87. The van der Waals surface area contributed by atoms with Crippen LogP contribution in [0.5, 0.6) is 5.75 Å². The molecule has 5 aliphatic rings. The van der Waals surface area contributed by atoms with Crippen LogP contribution in [-0.4, -0.2) is 112 Å². The molecule has 2 aromatic rings. The Labute approximate surface area is 306 Å². The van der Waals surface area contributed by atoms with Gasteiger partial charge >= 0.3 is 0 Å². The second kappa shape index (κ2) is 14.3. The molecule has 2 fully saturated rings. The number of rotatable bonds is 1. The minimum Gasteiger partial charge on any atom is -0.490 e. The first kappa shape index (κ1) is 36.2. The molecule has 1 aliphatic carbocycles. The number of carbonyl (C=O) groups excluding carboxylic acids is 2. The fraction of sp³-hybridized carbons (Fsp3) is 0.579. The zero-order chi connectivity index (χ0) is 36.1. The number of fused-ring (bicyclic) bond motifs is 4. The molecule has 1 spiro atoms. The van der Waals surface area contributed by atoms with Crippen LogP contribution in [-0.2, 0) is 26.7 Å². The third-order valence-corrected chi connectivity index (χ3v) is 14.2. The number of hydrogen-bond acceptors (Lipinski definition) is 8. The van der Waals surface area contributed by atoms with Crippen molar-refractivity contribution in [3.8, 4) is 5.75 Å². The molecule has 0 saturated carbocycles. The number of likely N-dealkylation sites (N-methyl/N-ethyl adjacent to an activating group) is 1. The highest BCUT2D eigenvalue weighted by Gasteiger charge is 2.45. The minimum absolute atomic E-state index is 0.0986. The van der Waals surface area contributed by atoms with Gasteiger partial charge in [-0.1, -0.05) is 30.7 Å². The molecule has 4 heterocycles. The highest BCUT2D eigenvalue weighted by atomic mass is 35.5. The summed E-state index contributed by atoms with van der Waals surface area (Å²) >= 11 is 6.45. The van der Waals surface area contributed by atoms with Crippen molar-refractivity contribution in [3.05, 3.63) is 70.0 Å². The van der Waals surface area contributed by atoms with E-state index in [1.54, 1.807) is 30.0 Å². The number of aryl methyl sites for hydroxylation is 1. The average molecular weight is 742 g/mol. The molecule has 0 unspecified atom stereocenters. The largest absolute Gasteiger partial charge is 0.490 e. The normalized spacial score (nSPS) is 31.5. The van der Waals surface area contributed by atoms with Gasteiger partial charge in [0.2, 0.25) is 15.9 Å². The molecule has 2 bridgehead atoms. The molecule has 276 valence electrons. The lowest BCUT2D eigenvalue weighted by atomic mass is 9.70. The van der Waals surface area contributed by atoms with E-state index in [1.807, 2.05) is 24.1 Å². The van der Waals surface area contributed by atoms with Crippen LogP contribution in [0.1, 0.15) is 67.4 Å². The molecule has 10 nitrogen and oxygen atoms in total. The number of piperazine rings is 1. The Morgan fingerprint density at radius 3 is 2.63 bits per heavy atom. The molecule has 2 aromatic carbocycles. The molecule has 1 N–H and O–H groups in total. The Bertz CT molecular complexity index is 1820. The molecule has 7 rings (SSSR count). The standard InChI is InChI=1S/C38H49ClFN5O5S/c1-25-8-12-32(40)35(37(47)43-18-16-42(3)17-19-43)45-15-5-7-30(45)22-44-23-38(14-4-6-27-20-29(39)10-11-31(27)38)24-50-34-13-9-28(21-33(34)44)36(46)41-51(48,49)26(25)2/h9-13,20-21,25-26,30,35H,4-8,14-19,22-24H2,1-3H3,(H,41,46)/b32-12-/t25-,26+,30-,35+,38-/m0/s1. The third kappa shape index (κ3) is 7.13. The van der Waals surface area contributed by atoms with Gasteiger partial charge in [0.25, 0.3) is 5.91 Å². The predicted octanol–water partition coefficient (Wildman–Crippen LogP) is 4.76. The molecule has 13 heteroatoms. The van der Waals surface area contributed by atoms with E-state index in [2.05, 4.69) is 20.6 Å². The van der Waals surface area contributed by atoms with Crippen LogP contribution in [0.25, 0.3) is 0 Å². The summed E-state index contributed by atoms with van der Waals surface area (Å²) in [7, 11) is -2.10. The lowest BCUT2D eigenvalue weighted by Crippen LogP contribution is -2.57. The molecular formula is C38H49ClFN5O5S. The number of hydrogen-bond donors (Lipinski definition) is 1.